The number of hydrogen-bond donors (Lipinski definition) is 0. The number of methoxy groups -OCH3 is 1. The second-order valence-corrected chi connectivity index (χ2v) is 9.82. The Balaban J connectivity index is 1.18. The Labute approximate surface area is 217 Å². The van der Waals surface area contributed by atoms with Gasteiger partial charge in [-0.3, -0.25) is 9.59 Å². The predicted molar refractivity (Wildman–Crippen MR) is 143 cm³/mol. The minimum atomic E-state index is -0.0524. The Bertz CT molecular complexity index is 1250. The molecule has 1 saturated heterocycles. The zero-order valence-corrected chi connectivity index (χ0v) is 21.5. The van der Waals surface area contributed by atoms with Gasteiger partial charge in [-0.2, -0.15) is 0 Å². The number of hydrogen-bond acceptors (Lipinski definition) is 6. The first kappa shape index (κ1) is 24.7. The van der Waals surface area contributed by atoms with Crippen LogP contribution in [0.4, 0.5) is 5.82 Å². The van der Waals surface area contributed by atoms with E-state index in [0.717, 1.165) is 41.2 Å². The number of ether oxygens (including phenoxy) is 1. The molecule has 8 heteroatoms. The van der Waals surface area contributed by atoms with E-state index in [1.165, 1.54) is 0 Å². The number of amides is 2. The molecule has 8 nitrogen and oxygen atoms in total. The van der Waals surface area contributed by atoms with Crippen LogP contribution in [-0.2, 0) is 4.79 Å². The molecule has 5 rings (SSSR count). The standard InChI is InChI=1S/C29H33N5O3/c1-21-6-3-4-9-25(21)29(36)34(19-22-10-11-22)20-28(35)33-16-14-32(15-17-33)27-13-12-26(30-31-27)23-7-5-8-24(18-23)37-2/h3-9,12-13,18,22H,10-11,14-17,19-20H2,1-2H3. The van der Waals surface area contributed by atoms with Gasteiger partial charge >= 0.3 is 0 Å². The van der Waals surface area contributed by atoms with Crippen molar-refractivity contribution in [2.75, 3.05) is 51.3 Å². The predicted octanol–water partition coefficient (Wildman–Crippen LogP) is 3.66. The summed E-state index contributed by atoms with van der Waals surface area (Å²) < 4.78 is 5.30. The van der Waals surface area contributed by atoms with Crippen molar-refractivity contribution >= 4 is 17.6 Å². The fourth-order valence-corrected chi connectivity index (χ4v) is 4.69. The van der Waals surface area contributed by atoms with E-state index in [9.17, 15) is 9.59 Å². The van der Waals surface area contributed by atoms with Crippen molar-refractivity contribution in [1.82, 2.24) is 20.0 Å². The van der Waals surface area contributed by atoms with Crippen molar-refractivity contribution in [2.24, 2.45) is 5.92 Å². The minimum Gasteiger partial charge on any atom is -0.497 e. The average Bonchev–Trinajstić information content (AvgIpc) is 3.77. The summed E-state index contributed by atoms with van der Waals surface area (Å²) in [6.45, 7) is 5.24. The number of nitrogens with zero attached hydrogens (tertiary/aromatic N) is 5. The topological polar surface area (TPSA) is 78.9 Å². The SMILES string of the molecule is COc1cccc(-c2ccc(N3CCN(C(=O)CN(CC4CC4)C(=O)c4ccccc4C)CC3)nn2)c1. The van der Waals surface area contributed by atoms with Crippen molar-refractivity contribution in [3.8, 4) is 17.0 Å². The van der Waals surface area contributed by atoms with Gasteiger partial charge in [0, 0.05) is 43.9 Å². The average molecular weight is 500 g/mol. The highest BCUT2D eigenvalue weighted by Crippen LogP contribution is 2.30. The van der Waals surface area contributed by atoms with E-state index in [1.807, 2.05) is 72.5 Å². The summed E-state index contributed by atoms with van der Waals surface area (Å²) in [4.78, 5) is 32.2. The van der Waals surface area contributed by atoms with Crippen LogP contribution in [0.2, 0.25) is 0 Å². The molecule has 1 aromatic heterocycles. The molecule has 1 aliphatic carbocycles. The molecule has 0 spiro atoms. The number of anilines is 1. The second-order valence-electron chi connectivity index (χ2n) is 9.82. The Hall–Kier alpha value is -3.94. The van der Waals surface area contributed by atoms with E-state index in [4.69, 9.17) is 4.74 Å². The molecule has 2 fully saturated rings. The van der Waals surface area contributed by atoms with E-state index in [-0.39, 0.29) is 18.4 Å². The molecule has 0 N–H and O–H groups in total. The lowest BCUT2D eigenvalue weighted by molar-refractivity contribution is -0.132. The van der Waals surface area contributed by atoms with Crippen LogP contribution in [0.25, 0.3) is 11.3 Å². The van der Waals surface area contributed by atoms with E-state index in [0.29, 0.717) is 44.2 Å². The van der Waals surface area contributed by atoms with Gasteiger partial charge in [-0.15, -0.1) is 10.2 Å². The van der Waals surface area contributed by atoms with Crippen molar-refractivity contribution in [2.45, 2.75) is 19.8 Å². The summed E-state index contributed by atoms with van der Waals surface area (Å²) in [7, 11) is 1.64. The van der Waals surface area contributed by atoms with Crippen LogP contribution in [0.15, 0.2) is 60.7 Å². The number of carbonyl (C=O) groups excluding carboxylic acids is 2. The summed E-state index contributed by atoms with van der Waals surface area (Å²) >= 11 is 0. The molecule has 0 radical (unpaired) electrons. The van der Waals surface area contributed by atoms with Gasteiger partial charge in [0.15, 0.2) is 5.82 Å². The zero-order chi connectivity index (χ0) is 25.8. The summed E-state index contributed by atoms with van der Waals surface area (Å²) in [5, 5.41) is 8.85. The third-order valence-electron chi connectivity index (χ3n) is 7.14. The fraction of sp³-hybridized carbons (Fsp3) is 0.379. The highest BCUT2D eigenvalue weighted by molar-refractivity contribution is 5.97. The molecule has 37 heavy (non-hydrogen) atoms. The minimum absolute atomic E-state index is 0.00157. The van der Waals surface area contributed by atoms with E-state index in [1.54, 1.807) is 12.0 Å². The van der Waals surface area contributed by atoms with E-state index >= 15 is 0 Å². The Morgan fingerprint density at radius 3 is 2.43 bits per heavy atom. The second kappa shape index (κ2) is 11.0. The zero-order valence-electron chi connectivity index (χ0n) is 21.5. The Kier molecular flexibility index (Phi) is 7.35. The van der Waals surface area contributed by atoms with Gasteiger partial charge in [-0.05, 0) is 61.6 Å². The number of aromatic nitrogens is 2. The molecule has 1 aliphatic heterocycles. The third-order valence-corrected chi connectivity index (χ3v) is 7.14. The maximum Gasteiger partial charge on any atom is 0.254 e. The van der Waals surface area contributed by atoms with Gasteiger partial charge in [0.1, 0.15) is 12.3 Å². The van der Waals surface area contributed by atoms with Crippen molar-refractivity contribution in [1.29, 1.82) is 0 Å². The maximum absolute atomic E-state index is 13.3. The number of aryl methyl sites for hydroxylation is 1. The van der Waals surface area contributed by atoms with E-state index in [2.05, 4.69) is 15.1 Å². The number of piperazine rings is 1. The first-order valence-electron chi connectivity index (χ1n) is 12.9. The van der Waals surface area contributed by atoms with Crippen LogP contribution in [0.3, 0.4) is 0 Å². The highest BCUT2D eigenvalue weighted by atomic mass is 16.5. The van der Waals surface area contributed by atoms with Crippen LogP contribution >= 0.6 is 0 Å². The van der Waals surface area contributed by atoms with Crippen molar-refractivity contribution < 1.29 is 14.3 Å². The van der Waals surface area contributed by atoms with Crippen LogP contribution in [0.1, 0.15) is 28.8 Å². The van der Waals surface area contributed by atoms with Crippen molar-refractivity contribution in [3.05, 3.63) is 71.8 Å². The molecule has 2 aromatic carbocycles. The summed E-state index contributed by atoms with van der Waals surface area (Å²) in [6.07, 6.45) is 2.25. The lowest BCUT2D eigenvalue weighted by Gasteiger charge is -2.36. The number of carbonyl (C=O) groups is 2. The van der Waals surface area contributed by atoms with E-state index < -0.39 is 0 Å². The lowest BCUT2D eigenvalue weighted by atomic mass is 10.1. The van der Waals surface area contributed by atoms with Gasteiger partial charge in [0.25, 0.3) is 5.91 Å². The summed E-state index contributed by atoms with van der Waals surface area (Å²) in [5.41, 5.74) is 3.35. The lowest BCUT2D eigenvalue weighted by Crippen LogP contribution is -2.52. The first-order valence-corrected chi connectivity index (χ1v) is 12.9. The summed E-state index contributed by atoms with van der Waals surface area (Å²) in [5.74, 6) is 2.03. The molecule has 192 valence electrons. The monoisotopic (exact) mass is 499 g/mol. The molecule has 2 heterocycles. The summed E-state index contributed by atoms with van der Waals surface area (Å²) in [6, 6.07) is 19.3. The molecule has 0 atom stereocenters. The number of rotatable bonds is 8. The van der Waals surface area contributed by atoms with Crippen molar-refractivity contribution in [3.63, 3.8) is 0 Å². The van der Waals surface area contributed by atoms with Gasteiger partial charge in [0.05, 0.1) is 12.8 Å². The van der Waals surface area contributed by atoms with Gasteiger partial charge < -0.3 is 19.4 Å². The highest BCUT2D eigenvalue weighted by Gasteiger charge is 2.31. The third kappa shape index (κ3) is 5.90. The Morgan fingerprint density at radius 2 is 1.76 bits per heavy atom. The van der Waals surface area contributed by atoms with Gasteiger partial charge in [-0.1, -0.05) is 30.3 Å². The van der Waals surface area contributed by atoms with Gasteiger partial charge in [0.2, 0.25) is 5.91 Å². The van der Waals surface area contributed by atoms with Crippen LogP contribution in [-0.4, -0.2) is 78.2 Å². The largest absolute Gasteiger partial charge is 0.497 e. The first-order chi connectivity index (χ1) is 18.0. The van der Waals surface area contributed by atoms with Gasteiger partial charge in [-0.25, -0.2) is 0 Å². The molecule has 0 unspecified atom stereocenters. The number of benzene rings is 2. The molecule has 2 amide bonds. The smallest absolute Gasteiger partial charge is 0.254 e. The molecular formula is C29H33N5O3. The van der Waals surface area contributed by atoms with Crippen LogP contribution in [0.5, 0.6) is 5.75 Å². The normalized spacial score (nSPS) is 15.4. The van der Waals surface area contributed by atoms with Crippen LogP contribution in [0, 0.1) is 12.8 Å². The Morgan fingerprint density at radius 1 is 0.973 bits per heavy atom. The molecule has 2 aliphatic rings. The molecule has 3 aromatic rings. The molecule has 0 bridgehead atoms. The maximum atomic E-state index is 13.3. The molecular weight excluding hydrogens is 466 g/mol. The quantitative estimate of drug-likeness (QED) is 0.471. The van der Waals surface area contributed by atoms with Crippen LogP contribution < -0.4 is 9.64 Å². The molecule has 1 saturated carbocycles. The fourth-order valence-electron chi connectivity index (χ4n) is 4.69.